The van der Waals surface area contributed by atoms with Gasteiger partial charge in [0.15, 0.2) is 11.5 Å². The number of fused-ring (bicyclic) bond motifs is 5. The number of nitrogens with two attached hydrogens (primary N) is 1. The Balaban J connectivity index is 1.08. The summed E-state index contributed by atoms with van der Waals surface area (Å²) < 4.78 is 0. The van der Waals surface area contributed by atoms with E-state index >= 15 is 0 Å². The molecule has 2 aliphatic rings. The van der Waals surface area contributed by atoms with E-state index in [1.807, 2.05) is 50.3 Å². The minimum Gasteiger partial charge on any atom is -0.503 e. The van der Waals surface area contributed by atoms with Crippen molar-refractivity contribution >= 4 is 54.9 Å². The maximum Gasteiger partial charge on any atom is 0.208 e. The van der Waals surface area contributed by atoms with E-state index in [0.717, 1.165) is 60.5 Å². The Morgan fingerprint density at radius 3 is 1.89 bits per heavy atom. The summed E-state index contributed by atoms with van der Waals surface area (Å²) in [5.74, 6) is -4.36. The number of phenolic OH excluding ortho intramolecular Hbond substituents is 5. The molecule has 0 saturated heterocycles. The molecular formula is C59H48N2O5. The summed E-state index contributed by atoms with van der Waals surface area (Å²) in [6.45, 7) is 4.01. The third-order valence-electron chi connectivity index (χ3n) is 12.9. The van der Waals surface area contributed by atoms with Crippen molar-refractivity contribution in [2.75, 3.05) is 4.90 Å². The molecule has 66 heavy (non-hydrogen) atoms. The zero-order chi connectivity index (χ0) is 45.6. The summed E-state index contributed by atoms with van der Waals surface area (Å²) in [6, 6.07) is 46.6. The van der Waals surface area contributed by atoms with E-state index in [1.54, 1.807) is 0 Å². The SMILES string of the molecule is C\C=C/C=C(\C=C\c1c2ccccc2c(-c2ccc3cc4ccccc4cc3c2)c2ccccc12)C1=CCC2C(=C1)C(/C=C(\C)Cc1ccccc1)=C(N)N2c1c(O)c(O)c(O)c(O)c1O. The van der Waals surface area contributed by atoms with Crippen molar-refractivity contribution in [2.45, 2.75) is 32.7 Å². The van der Waals surface area contributed by atoms with Gasteiger partial charge in [0, 0.05) is 5.57 Å². The maximum absolute atomic E-state index is 11.2. The molecule has 0 fully saturated rings. The predicted molar refractivity (Wildman–Crippen MR) is 271 cm³/mol. The van der Waals surface area contributed by atoms with Crippen LogP contribution in [0.4, 0.5) is 5.69 Å². The van der Waals surface area contributed by atoms with Crippen molar-refractivity contribution in [3.05, 3.63) is 221 Å². The summed E-state index contributed by atoms with van der Waals surface area (Å²) in [5.41, 5.74) is 15.7. The summed E-state index contributed by atoms with van der Waals surface area (Å²) >= 11 is 0. The van der Waals surface area contributed by atoms with Gasteiger partial charge < -0.3 is 36.2 Å². The van der Waals surface area contributed by atoms with E-state index < -0.39 is 34.8 Å². The van der Waals surface area contributed by atoms with Crippen LogP contribution in [0.15, 0.2) is 210 Å². The van der Waals surface area contributed by atoms with Crippen LogP contribution in [0.2, 0.25) is 0 Å². The van der Waals surface area contributed by atoms with Crippen LogP contribution in [0, 0.1) is 0 Å². The van der Waals surface area contributed by atoms with Crippen molar-refractivity contribution in [1.29, 1.82) is 0 Å². The van der Waals surface area contributed by atoms with Crippen molar-refractivity contribution in [1.82, 2.24) is 0 Å². The predicted octanol–water partition coefficient (Wildman–Crippen LogP) is 13.5. The van der Waals surface area contributed by atoms with Crippen LogP contribution < -0.4 is 10.6 Å². The Bertz CT molecular complexity index is 3430. The van der Waals surface area contributed by atoms with Gasteiger partial charge in [0.05, 0.1) is 6.04 Å². The average Bonchev–Trinajstić information content (AvgIpc) is 3.60. The van der Waals surface area contributed by atoms with E-state index in [0.29, 0.717) is 18.4 Å². The van der Waals surface area contributed by atoms with Crippen LogP contribution in [-0.4, -0.2) is 31.6 Å². The van der Waals surface area contributed by atoms with E-state index in [4.69, 9.17) is 5.73 Å². The van der Waals surface area contributed by atoms with Gasteiger partial charge in [-0.15, -0.1) is 0 Å². The Hall–Kier alpha value is -8.42. The lowest BCUT2D eigenvalue weighted by Crippen LogP contribution is -2.34. The summed E-state index contributed by atoms with van der Waals surface area (Å²) in [7, 11) is 0. The number of nitrogens with zero attached hydrogens (tertiary/aromatic N) is 1. The Morgan fingerprint density at radius 1 is 0.667 bits per heavy atom. The third-order valence-corrected chi connectivity index (χ3v) is 12.9. The molecular weight excluding hydrogens is 817 g/mol. The Labute approximate surface area is 382 Å². The fourth-order valence-electron chi connectivity index (χ4n) is 9.76. The second-order valence-electron chi connectivity index (χ2n) is 17.0. The Kier molecular flexibility index (Phi) is 10.7. The molecule has 0 radical (unpaired) electrons. The number of allylic oxidation sites excluding steroid dienone is 9. The van der Waals surface area contributed by atoms with Gasteiger partial charge in [0.25, 0.3) is 0 Å². The highest BCUT2D eigenvalue weighted by Crippen LogP contribution is 2.58. The van der Waals surface area contributed by atoms with Crippen LogP contribution in [0.3, 0.4) is 0 Å². The first-order valence-electron chi connectivity index (χ1n) is 22.1. The molecule has 7 nitrogen and oxygen atoms in total. The van der Waals surface area contributed by atoms with Crippen LogP contribution in [0.25, 0.3) is 60.3 Å². The molecule has 0 aromatic heterocycles. The van der Waals surface area contributed by atoms with Gasteiger partial charge in [-0.3, -0.25) is 0 Å². The van der Waals surface area contributed by atoms with Gasteiger partial charge in [-0.2, -0.15) is 0 Å². The molecule has 324 valence electrons. The average molecular weight is 865 g/mol. The fraction of sp³-hybridized carbons (Fsp3) is 0.0847. The normalized spacial score (nSPS) is 15.8. The highest BCUT2D eigenvalue weighted by atomic mass is 16.4. The van der Waals surface area contributed by atoms with Crippen LogP contribution in [0.1, 0.15) is 31.4 Å². The molecule has 8 aromatic carbocycles. The molecule has 1 unspecified atom stereocenters. The molecule has 7 heteroatoms. The van der Waals surface area contributed by atoms with Crippen LogP contribution >= 0.6 is 0 Å². The molecule has 8 aromatic rings. The van der Waals surface area contributed by atoms with Crippen LogP contribution in [-0.2, 0) is 6.42 Å². The van der Waals surface area contributed by atoms with Crippen molar-refractivity contribution in [3.8, 4) is 39.9 Å². The smallest absolute Gasteiger partial charge is 0.208 e. The summed E-state index contributed by atoms with van der Waals surface area (Å²) in [6.07, 6.45) is 17.7. The number of phenols is 5. The molecule has 0 bridgehead atoms. The van der Waals surface area contributed by atoms with E-state index in [9.17, 15) is 25.5 Å². The summed E-state index contributed by atoms with van der Waals surface area (Å²) in [4.78, 5) is 1.52. The number of anilines is 1. The molecule has 0 saturated carbocycles. The zero-order valence-corrected chi connectivity index (χ0v) is 36.6. The molecule has 0 spiro atoms. The number of benzene rings is 8. The lowest BCUT2D eigenvalue weighted by atomic mass is 9.86. The van der Waals surface area contributed by atoms with E-state index in [-0.39, 0.29) is 11.5 Å². The largest absolute Gasteiger partial charge is 0.503 e. The monoisotopic (exact) mass is 864 g/mol. The lowest BCUT2D eigenvalue weighted by Gasteiger charge is -2.31. The first-order chi connectivity index (χ1) is 32.1. The van der Waals surface area contributed by atoms with Gasteiger partial charge in [-0.1, -0.05) is 163 Å². The van der Waals surface area contributed by atoms with Crippen molar-refractivity contribution in [3.63, 3.8) is 0 Å². The standard InChI is InChI=1S/C59H48N2O5/c1-3-4-16-37(41-26-28-51-49(34-41)50(30-35(2)29-36-14-6-5-7-15-36)59(60)61(51)53-54(62)56(64)58(66)57(65)55(53)63)25-27-46-44-19-10-12-21-47(44)52(48-22-13-11-20-45(46)48)42-24-23-40-31-38-17-8-9-18-39(38)32-43(40)33-42/h3-27,30-34,51,62-66H,28-29,60H2,1-2H3/b4-3-,27-25+,35-30+,37-16+. The molecule has 1 heterocycles. The van der Waals surface area contributed by atoms with Crippen molar-refractivity contribution < 1.29 is 25.5 Å². The molecule has 7 N–H and O–H groups in total. The minimum absolute atomic E-state index is 0.204. The molecule has 1 aliphatic heterocycles. The maximum atomic E-state index is 11.2. The zero-order valence-electron chi connectivity index (χ0n) is 36.6. The first-order valence-corrected chi connectivity index (χ1v) is 22.1. The fourth-order valence-corrected chi connectivity index (χ4v) is 9.76. The molecule has 0 amide bonds. The van der Waals surface area contributed by atoms with Gasteiger partial charge in [0.1, 0.15) is 11.5 Å². The first kappa shape index (κ1) is 41.6. The van der Waals surface area contributed by atoms with Gasteiger partial charge in [-0.05, 0) is 133 Å². The number of hydrogen-bond acceptors (Lipinski definition) is 7. The van der Waals surface area contributed by atoms with Gasteiger partial charge in [-0.25, -0.2) is 0 Å². The summed E-state index contributed by atoms with van der Waals surface area (Å²) in [5, 5.41) is 63.2. The van der Waals surface area contributed by atoms with E-state index in [2.05, 4.69) is 146 Å². The topological polar surface area (TPSA) is 130 Å². The van der Waals surface area contributed by atoms with Gasteiger partial charge >= 0.3 is 0 Å². The molecule has 1 aliphatic carbocycles. The molecule has 10 rings (SSSR count). The van der Waals surface area contributed by atoms with E-state index in [1.165, 1.54) is 32.0 Å². The minimum atomic E-state index is -1.03. The number of hydrogen-bond donors (Lipinski definition) is 6. The third kappa shape index (κ3) is 7.21. The quantitative estimate of drug-likeness (QED) is 0.0369. The highest BCUT2D eigenvalue weighted by Gasteiger charge is 2.41. The second kappa shape index (κ2) is 16.9. The second-order valence-corrected chi connectivity index (χ2v) is 17.0. The van der Waals surface area contributed by atoms with Crippen LogP contribution in [0.5, 0.6) is 28.7 Å². The Morgan fingerprint density at radius 2 is 1.24 bits per heavy atom. The highest BCUT2D eigenvalue weighted by molar-refractivity contribution is 6.18. The van der Waals surface area contributed by atoms with Gasteiger partial charge in [0.2, 0.25) is 17.2 Å². The molecule has 1 atom stereocenters. The van der Waals surface area contributed by atoms with Crippen molar-refractivity contribution in [2.24, 2.45) is 5.73 Å². The number of rotatable bonds is 9. The number of aromatic hydroxyl groups is 5. The lowest BCUT2D eigenvalue weighted by molar-refractivity contribution is 0.328.